The van der Waals surface area contributed by atoms with E-state index in [2.05, 4.69) is 9.97 Å². The number of rotatable bonds is 4. The van der Waals surface area contributed by atoms with Gasteiger partial charge in [0.05, 0.1) is 12.1 Å². The summed E-state index contributed by atoms with van der Waals surface area (Å²) in [7, 11) is 0. The predicted octanol–water partition coefficient (Wildman–Crippen LogP) is 1.29. The van der Waals surface area contributed by atoms with E-state index in [1.165, 1.54) is 11.8 Å². The second-order valence-corrected chi connectivity index (χ2v) is 4.58. The summed E-state index contributed by atoms with van der Waals surface area (Å²) in [4.78, 5) is 19.2. The van der Waals surface area contributed by atoms with E-state index in [9.17, 15) is 4.79 Å². The molecule has 0 aliphatic heterocycles. The number of nitrogens with two attached hydrogens (primary N) is 1. The molecule has 0 aromatic carbocycles. The summed E-state index contributed by atoms with van der Waals surface area (Å²) >= 11 is 1.42. The number of carbonyl (C=O) groups is 1. The highest BCUT2D eigenvalue weighted by atomic mass is 32.2. The third-order valence-electron chi connectivity index (χ3n) is 2.53. The topological polar surface area (TPSA) is 89.1 Å². The van der Waals surface area contributed by atoms with E-state index in [1.807, 2.05) is 6.26 Å². The Balaban J connectivity index is 2.43. The first-order chi connectivity index (χ1) is 7.61. The zero-order chi connectivity index (χ0) is 11.7. The maximum atomic E-state index is 10.8. The van der Waals surface area contributed by atoms with E-state index in [0.717, 1.165) is 18.5 Å². The largest absolute Gasteiger partial charge is 0.481 e. The molecule has 0 bridgehead atoms. The number of thioether (sulfide) groups is 1. The molecule has 0 unspecified atom stereocenters. The van der Waals surface area contributed by atoms with Crippen LogP contribution in [0, 0.1) is 0 Å². The molecule has 0 saturated heterocycles. The molecule has 6 heteroatoms. The Morgan fingerprint density at radius 1 is 1.56 bits per heavy atom. The number of aliphatic carboxylic acids is 1. The molecule has 2 rings (SSSR count). The zero-order valence-electron chi connectivity index (χ0n) is 8.93. The second kappa shape index (κ2) is 4.29. The van der Waals surface area contributed by atoms with Crippen molar-refractivity contribution in [3.63, 3.8) is 0 Å². The van der Waals surface area contributed by atoms with Crippen molar-refractivity contribution in [2.75, 3.05) is 12.0 Å². The normalized spacial score (nSPS) is 15.1. The van der Waals surface area contributed by atoms with E-state index >= 15 is 0 Å². The van der Waals surface area contributed by atoms with E-state index in [0.29, 0.717) is 22.5 Å². The van der Waals surface area contributed by atoms with Gasteiger partial charge in [-0.25, -0.2) is 9.97 Å². The quantitative estimate of drug-likeness (QED) is 0.608. The molecule has 16 heavy (non-hydrogen) atoms. The Hall–Kier alpha value is -1.30. The van der Waals surface area contributed by atoms with Crippen LogP contribution in [0.4, 0.5) is 5.82 Å². The average Bonchev–Trinajstić information content (AvgIpc) is 3.03. The van der Waals surface area contributed by atoms with Gasteiger partial charge in [-0.15, -0.1) is 0 Å². The van der Waals surface area contributed by atoms with Crippen molar-refractivity contribution in [2.24, 2.45) is 0 Å². The number of carboxylic acid groups (broad SMARTS) is 1. The molecule has 1 aliphatic rings. The lowest BCUT2D eigenvalue weighted by molar-refractivity contribution is -0.136. The zero-order valence-corrected chi connectivity index (χ0v) is 9.75. The van der Waals surface area contributed by atoms with Crippen LogP contribution in [-0.4, -0.2) is 27.3 Å². The van der Waals surface area contributed by atoms with Crippen molar-refractivity contribution in [3.05, 3.63) is 11.3 Å². The number of nitrogens with zero attached hydrogens (tertiary/aromatic N) is 2. The van der Waals surface area contributed by atoms with Crippen LogP contribution in [0.5, 0.6) is 0 Å². The van der Waals surface area contributed by atoms with Crippen LogP contribution in [0.2, 0.25) is 0 Å². The molecule has 0 amide bonds. The molecule has 86 valence electrons. The van der Waals surface area contributed by atoms with E-state index in [-0.39, 0.29) is 6.42 Å². The summed E-state index contributed by atoms with van der Waals surface area (Å²) in [5.41, 5.74) is 7.21. The van der Waals surface area contributed by atoms with Crippen molar-refractivity contribution in [1.82, 2.24) is 9.97 Å². The van der Waals surface area contributed by atoms with Gasteiger partial charge in [0, 0.05) is 11.5 Å². The number of aromatic nitrogens is 2. The predicted molar refractivity (Wildman–Crippen MR) is 61.5 cm³/mol. The molecule has 1 aromatic rings. The lowest BCUT2D eigenvalue weighted by Crippen LogP contribution is -2.11. The third-order valence-corrected chi connectivity index (χ3v) is 3.07. The fraction of sp³-hybridized carbons (Fsp3) is 0.500. The average molecular weight is 239 g/mol. The Labute approximate surface area is 97.5 Å². The van der Waals surface area contributed by atoms with Gasteiger partial charge in [0.15, 0.2) is 5.16 Å². The molecule has 1 heterocycles. The van der Waals surface area contributed by atoms with Gasteiger partial charge >= 0.3 is 5.97 Å². The van der Waals surface area contributed by atoms with Crippen LogP contribution in [0.3, 0.4) is 0 Å². The summed E-state index contributed by atoms with van der Waals surface area (Å²) in [6.07, 6.45) is 3.92. The Bertz CT molecular complexity index is 432. The van der Waals surface area contributed by atoms with Gasteiger partial charge in [0.2, 0.25) is 0 Å². The monoisotopic (exact) mass is 239 g/mol. The first-order valence-electron chi connectivity index (χ1n) is 5.04. The first kappa shape index (κ1) is 11.2. The fourth-order valence-corrected chi connectivity index (χ4v) is 1.99. The second-order valence-electron chi connectivity index (χ2n) is 3.80. The minimum atomic E-state index is -0.894. The van der Waals surface area contributed by atoms with Gasteiger partial charge in [0.25, 0.3) is 0 Å². The maximum Gasteiger partial charge on any atom is 0.308 e. The highest BCUT2D eigenvalue weighted by Gasteiger charge is 2.30. The lowest BCUT2D eigenvalue weighted by Gasteiger charge is -2.09. The molecule has 0 radical (unpaired) electrons. The molecule has 0 atom stereocenters. The van der Waals surface area contributed by atoms with Crippen LogP contribution in [-0.2, 0) is 11.2 Å². The Kier molecular flexibility index (Phi) is 3.00. The molecule has 1 saturated carbocycles. The van der Waals surface area contributed by atoms with Crippen molar-refractivity contribution < 1.29 is 9.90 Å². The molecule has 3 N–H and O–H groups in total. The van der Waals surface area contributed by atoms with Gasteiger partial charge in [-0.3, -0.25) is 4.79 Å². The SMILES string of the molecule is CSc1nc(N)c(CC(=O)O)c(C2CC2)n1. The van der Waals surface area contributed by atoms with Gasteiger partial charge in [-0.1, -0.05) is 11.8 Å². The van der Waals surface area contributed by atoms with Gasteiger partial charge in [0.1, 0.15) is 5.82 Å². The van der Waals surface area contributed by atoms with Crippen LogP contribution < -0.4 is 5.73 Å². The first-order valence-corrected chi connectivity index (χ1v) is 6.26. The van der Waals surface area contributed by atoms with E-state index < -0.39 is 5.97 Å². The molecule has 1 fully saturated rings. The summed E-state index contributed by atoms with van der Waals surface area (Å²) in [5, 5.41) is 9.45. The lowest BCUT2D eigenvalue weighted by atomic mass is 10.1. The van der Waals surface area contributed by atoms with Crippen LogP contribution >= 0.6 is 11.8 Å². The maximum absolute atomic E-state index is 10.8. The van der Waals surface area contributed by atoms with Gasteiger partial charge in [-0.2, -0.15) is 0 Å². The fourth-order valence-electron chi connectivity index (χ4n) is 1.62. The van der Waals surface area contributed by atoms with E-state index in [1.54, 1.807) is 0 Å². The van der Waals surface area contributed by atoms with Crippen molar-refractivity contribution in [2.45, 2.75) is 30.3 Å². The van der Waals surface area contributed by atoms with Crippen molar-refractivity contribution in [3.8, 4) is 0 Å². The van der Waals surface area contributed by atoms with E-state index in [4.69, 9.17) is 10.8 Å². The molecule has 0 spiro atoms. The highest BCUT2D eigenvalue weighted by Crippen LogP contribution is 2.42. The molecule has 5 nitrogen and oxygen atoms in total. The van der Waals surface area contributed by atoms with Crippen molar-refractivity contribution >= 4 is 23.5 Å². The molecule has 1 aliphatic carbocycles. The summed E-state index contributed by atoms with van der Waals surface area (Å²) in [6.45, 7) is 0. The number of carboxylic acids is 1. The Morgan fingerprint density at radius 3 is 2.75 bits per heavy atom. The molecular formula is C10H13N3O2S. The smallest absolute Gasteiger partial charge is 0.308 e. The van der Waals surface area contributed by atoms with Crippen molar-refractivity contribution in [1.29, 1.82) is 0 Å². The minimum absolute atomic E-state index is 0.0909. The van der Waals surface area contributed by atoms with Gasteiger partial charge in [-0.05, 0) is 19.1 Å². The highest BCUT2D eigenvalue weighted by molar-refractivity contribution is 7.98. The summed E-state index contributed by atoms with van der Waals surface area (Å²) in [5.74, 6) is -0.205. The van der Waals surface area contributed by atoms with Gasteiger partial charge < -0.3 is 10.8 Å². The summed E-state index contributed by atoms with van der Waals surface area (Å²) in [6, 6.07) is 0. The third kappa shape index (κ3) is 2.27. The molecular weight excluding hydrogens is 226 g/mol. The van der Waals surface area contributed by atoms with Crippen LogP contribution in [0.1, 0.15) is 30.0 Å². The van der Waals surface area contributed by atoms with Crippen LogP contribution in [0.25, 0.3) is 0 Å². The standard InChI is InChI=1S/C10H13N3O2S/c1-16-10-12-8(5-2-3-5)6(4-7(14)15)9(11)13-10/h5H,2-4H2,1H3,(H,14,15)(H2,11,12,13). The number of anilines is 1. The molecule has 1 aromatic heterocycles. The van der Waals surface area contributed by atoms with Crippen LogP contribution in [0.15, 0.2) is 5.16 Å². The number of hydrogen-bond acceptors (Lipinski definition) is 5. The Morgan fingerprint density at radius 2 is 2.25 bits per heavy atom. The minimum Gasteiger partial charge on any atom is -0.481 e. The number of hydrogen-bond donors (Lipinski definition) is 2. The number of nitrogen functional groups attached to an aromatic ring is 1. The summed E-state index contributed by atoms with van der Waals surface area (Å²) < 4.78 is 0.